The second-order valence-electron chi connectivity index (χ2n) is 5.01. The summed E-state index contributed by atoms with van der Waals surface area (Å²) in [5.74, 6) is 0.996. The molecule has 2 aliphatic heterocycles. The van der Waals surface area contributed by atoms with E-state index in [1.54, 1.807) is 13.3 Å². The molecule has 4 nitrogen and oxygen atoms in total. The normalized spacial score (nSPS) is 35.9. The SMILES string of the molecule is COc1cccnc1C1(O)CCN2CCC1C2. The maximum atomic E-state index is 11.0. The van der Waals surface area contributed by atoms with Gasteiger partial charge in [-0.25, -0.2) is 0 Å². The van der Waals surface area contributed by atoms with Crippen LogP contribution in [0.4, 0.5) is 0 Å². The topological polar surface area (TPSA) is 45.6 Å². The summed E-state index contributed by atoms with van der Waals surface area (Å²) in [6.45, 7) is 3.03. The highest BCUT2D eigenvalue weighted by molar-refractivity contribution is 5.33. The minimum Gasteiger partial charge on any atom is -0.495 e. The van der Waals surface area contributed by atoms with Gasteiger partial charge in [-0.2, -0.15) is 0 Å². The molecule has 3 rings (SSSR count). The summed E-state index contributed by atoms with van der Waals surface area (Å²) in [6.07, 6.45) is 3.54. The van der Waals surface area contributed by atoms with E-state index in [9.17, 15) is 5.11 Å². The summed E-state index contributed by atoms with van der Waals surface area (Å²) in [5, 5.41) is 11.0. The molecule has 0 radical (unpaired) electrons. The highest BCUT2D eigenvalue weighted by Crippen LogP contribution is 2.44. The van der Waals surface area contributed by atoms with Crippen molar-refractivity contribution in [3.05, 3.63) is 24.0 Å². The molecule has 3 atom stereocenters. The van der Waals surface area contributed by atoms with Crippen LogP contribution in [0.15, 0.2) is 18.3 Å². The summed E-state index contributed by atoms with van der Waals surface area (Å²) >= 11 is 0. The van der Waals surface area contributed by atoms with Crippen LogP contribution in [-0.4, -0.2) is 41.7 Å². The molecular weight excluding hydrogens is 216 g/mol. The molecule has 0 aromatic carbocycles. The predicted molar refractivity (Wildman–Crippen MR) is 63.8 cm³/mol. The van der Waals surface area contributed by atoms with E-state index >= 15 is 0 Å². The summed E-state index contributed by atoms with van der Waals surface area (Å²) in [5.41, 5.74) is -0.0892. The molecule has 17 heavy (non-hydrogen) atoms. The molecule has 2 bridgehead atoms. The van der Waals surface area contributed by atoms with Crippen LogP contribution in [0.1, 0.15) is 18.5 Å². The first-order valence-corrected chi connectivity index (χ1v) is 6.18. The van der Waals surface area contributed by atoms with Gasteiger partial charge in [0.15, 0.2) is 0 Å². The van der Waals surface area contributed by atoms with Gasteiger partial charge in [0, 0.05) is 25.2 Å². The van der Waals surface area contributed by atoms with Crippen LogP contribution in [0.25, 0.3) is 0 Å². The number of rotatable bonds is 2. The van der Waals surface area contributed by atoms with Gasteiger partial charge in [-0.05, 0) is 31.5 Å². The second kappa shape index (κ2) is 3.96. The van der Waals surface area contributed by atoms with E-state index in [-0.39, 0.29) is 0 Å². The monoisotopic (exact) mass is 234 g/mol. The molecule has 3 unspecified atom stereocenters. The van der Waals surface area contributed by atoms with Crippen molar-refractivity contribution in [1.82, 2.24) is 9.88 Å². The van der Waals surface area contributed by atoms with Gasteiger partial charge in [-0.3, -0.25) is 4.98 Å². The van der Waals surface area contributed by atoms with Crippen LogP contribution < -0.4 is 4.74 Å². The first kappa shape index (κ1) is 11.0. The number of methoxy groups -OCH3 is 1. The Labute approximate surface area is 101 Å². The molecule has 92 valence electrons. The maximum Gasteiger partial charge on any atom is 0.143 e. The first-order valence-electron chi connectivity index (χ1n) is 6.18. The summed E-state index contributed by atoms with van der Waals surface area (Å²) < 4.78 is 5.33. The molecule has 1 aromatic heterocycles. The molecule has 0 saturated carbocycles. The Balaban J connectivity index is 2.01. The van der Waals surface area contributed by atoms with Crippen LogP contribution in [0.5, 0.6) is 5.75 Å². The summed E-state index contributed by atoms with van der Waals surface area (Å²) in [4.78, 5) is 6.78. The van der Waals surface area contributed by atoms with Crippen LogP contribution in [0, 0.1) is 5.92 Å². The molecule has 1 N–H and O–H groups in total. The lowest BCUT2D eigenvalue weighted by molar-refractivity contribution is -0.0552. The fourth-order valence-electron chi connectivity index (χ4n) is 3.15. The number of aromatic nitrogens is 1. The largest absolute Gasteiger partial charge is 0.495 e. The van der Waals surface area contributed by atoms with Crippen LogP contribution >= 0.6 is 0 Å². The summed E-state index contributed by atoms with van der Waals surface area (Å²) in [7, 11) is 1.63. The van der Waals surface area contributed by atoms with Gasteiger partial charge in [0.1, 0.15) is 17.0 Å². The van der Waals surface area contributed by atoms with Gasteiger partial charge in [0.25, 0.3) is 0 Å². The van der Waals surface area contributed by atoms with Crippen molar-refractivity contribution in [2.75, 3.05) is 26.7 Å². The van der Waals surface area contributed by atoms with E-state index in [4.69, 9.17) is 4.74 Å². The third-order valence-corrected chi connectivity index (χ3v) is 4.16. The van der Waals surface area contributed by atoms with Gasteiger partial charge in [0.05, 0.1) is 7.11 Å². The number of hydrogen-bond acceptors (Lipinski definition) is 4. The average molecular weight is 234 g/mol. The van der Waals surface area contributed by atoms with Gasteiger partial charge in [0.2, 0.25) is 0 Å². The van der Waals surface area contributed by atoms with E-state index in [1.807, 2.05) is 12.1 Å². The molecule has 2 saturated heterocycles. The van der Waals surface area contributed by atoms with E-state index < -0.39 is 5.60 Å². The number of ether oxygens (including phenoxy) is 1. The summed E-state index contributed by atoms with van der Waals surface area (Å²) in [6, 6.07) is 3.72. The molecular formula is C13H18N2O2. The smallest absolute Gasteiger partial charge is 0.143 e. The third kappa shape index (κ3) is 1.63. The number of nitrogens with zero attached hydrogens (tertiary/aromatic N) is 2. The van der Waals surface area contributed by atoms with Crippen molar-refractivity contribution in [2.45, 2.75) is 18.4 Å². The van der Waals surface area contributed by atoms with Crippen molar-refractivity contribution in [3.63, 3.8) is 0 Å². The van der Waals surface area contributed by atoms with Crippen molar-refractivity contribution in [3.8, 4) is 5.75 Å². The highest BCUT2D eigenvalue weighted by atomic mass is 16.5. The Morgan fingerprint density at radius 1 is 1.53 bits per heavy atom. The number of fused-ring (bicyclic) bond motifs is 2. The molecule has 2 fully saturated rings. The quantitative estimate of drug-likeness (QED) is 0.829. The van der Waals surface area contributed by atoms with Crippen LogP contribution in [-0.2, 0) is 5.60 Å². The van der Waals surface area contributed by atoms with Gasteiger partial charge in [-0.1, -0.05) is 0 Å². The Morgan fingerprint density at radius 3 is 3.24 bits per heavy atom. The fraction of sp³-hybridized carbons (Fsp3) is 0.615. The molecule has 1 aromatic rings. The van der Waals surface area contributed by atoms with Crippen molar-refractivity contribution in [1.29, 1.82) is 0 Å². The molecule has 0 amide bonds. The third-order valence-electron chi connectivity index (χ3n) is 4.16. The fourth-order valence-corrected chi connectivity index (χ4v) is 3.15. The second-order valence-corrected chi connectivity index (χ2v) is 5.01. The van der Waals surface area contributed by atoms with Gasteiger partial charge < -0.3 is 14.7 Å². The number of aliphatic hydroxyl groups is 1. The molecule has 0 spiro atoms. The zero-order chi connectivity index (χ0) is 11.9. The lowest BCUT2D eigenvalue weighted by Crippen LogP contribution is -2.44. The zero-order valence-corrected chi connectivity index (χ0v) is 10.1. The highest BCUT2D eigenvalue weighted by Gasteiger charge is 2.48. The van der Waals surface area contributed by atoms with E-state index in [0.717, 1.165) is 32.5 Å². The zero-order valence-electron chi connectivity index (χ0n) is 10.1. The van der Waals surface area contributed by atoms with Gasteiger partial charge in [-0.15, -0.1) is 0 Å². The molecule has 2 aliphatic rings. The Hall–Kier alpha value is -1.13. The lowest BCUT2D eigenvalue weighted by atomic mass is 9.79. The van der Waals surface area contributed by atoms with Crippen molar-refractivity contribution >= 4 is 0 Å². The van der Waals surface area contributed by atoms with E-state index in [0.29, 0.717) is 17.4 Å². The lowest BCUT2D eigenvalue weighted by Gasteiger charge is -2.38. The number of hydrogen-bond donors (Lipinski definition) is 1. The number of piperidine rings is 1. The van der Waals surface area contributed by atoms with Crippen LogP contribution in [0.2, 0.25) is 0 Å². The van der Waals surface area contributed by atoms with Crippen molar-refractivity contribution in [2.24, 2.45) is 5.92 Å². The molecule has 4 heteroatoms. The Morgan fingerprint density at radius 2 is 2.41 bits per heavy atom. The maximum absolute atomic E-state index is 11.0. The van der Waals surface area contributed by atoms with Crippen LogP contribution in [0.3, 0.4) is 0 Å². The molecule has 0 aliphatic carbocycles. The minimum absolute atomic E-state index is 0.292. The van der Waals surface area contributed by atoms with E-state index in [1.165, 1.54) is 0 Å². The minimum atomic E-state index is -0.806. The first-order chi connectivity index (χ1) is 8.24. The number of pyridine rings is 1. The average Bonchev–Trinajstić information content (AvgIpc) is 2.79. The van der Waals surface area contributed by atoms with E-state index in [2.05, 4.69) is 9.88 Å². The Kier molecular flexibility index (Phi) is 2.56. The van der Waals surface area contributed by atoms with Gasteiger partial charge >= 0.3 is 0 Å². The van der Waals surface area contributed by atoms with Crippen molar-refractivity contribution < 1.29 is 9.84 Å². The Bertz CT molecular complexity index is 424. The standard InChI is InChI=1S/C13H18N2O2/c1-17-11-3-2-6-14-12(11)13(16)5-8-15-7-4-10(13)9-15/h2-3,6,10,16H,4-5,7-9H2,1H3. The predicted octanol–water partition coefficient (Wildman–Crippen LogP) is 1.00. The molecule has 3 heterocycles.